The van der Waals surface area contributed by atoms with Gasteiger partial charge in [-0.3, -0.25) is 9.36 Å². The summed E-state index contributed by atoms with van der Waals surface area (Å²) in [5.74, 6) is -0.214. The summed E-state index contributed by atoms with van der Waals surface area (Å²) in [7, 11) is 0. The smallest absolute Gasteiger partial charge is 0.354 e. The molecule has 194 valence electrons. The predicted molar refractivity (Wildman–Crippen MR) is 141 cm³/mol. The van der Waals surface area contributed by atoms with Crippen molar-refractivity contribution in [3.8, 4) is 11.6 Å². The molecule has 1 aliphatic rings. The Hall–Kier alpha value is -4.44. The van der Waals surface area contributed by atoms with Crippen LogP contribution in [0.2, 0.25) is 5.02 Å². The van der Waals surface area contributed by atoms with E-state index in [2.05, 4.69) is 15.3 Å². The summed E-state index contributed by atoms with van der Waals surface area (Å²) in [6.07, 6.45) is 2.02. The summed E-state index contributed by atoms with van der Waals surface area (Å²) >= 11 is 6.01. The minimum atomic E-state index is -0.955. The van der Waals surface area contributed by atoms with Gasteiger partial charge in [-0.15, -0.1) is 0 Å². The molecule has 0 radical (unpaired) electrons. The minimum absolute atomic E-state index is 0.0199. The van der Waals surface area contributed by atoms with Gasteiger partial charge in [-0.1, -0.05) is 29.8 Å². The number of aliphatic carboxylic acids is 1. The standard InChI is InChI=1S/C27H24ClN5O5/c1-27(23(34)35)14-18(27)16-33-25(36)31-24(32(26(33)37)15-17-5-7-19(28)8-6-17)30-20-9-11-21(12-10-20)38-22-4-2-3-13-29-22/h2-13,18H,14-16H2,1H3,(H,34,35)(H,30,31,36)/t18-,27-/m0/s1. The van der Waals surface area contributed by atoms with E-state index in [1.807, 2.05) is 6.07 Å². The molecule has 5 rings (SSSR count). The summed E-state index contributed by atoms with van der Waals surface area (Å²) in [5, 5.41) is 13.1. The zero-order valence-electron chi connectivity index (χ0n) is 20.4. The normalized spacial score (nSPS) is 18.1. The lowest BCUT2D eigenvalue weighted by Crippen LogP contribution is -2.43. The number of carboxylic acid groups (broad SMARTS) is 1. The van der Waals surface area contributed by atoms with Crippen molar-refractivity contribution in [1.29, 1.82) is 0 Å². The number of aromatic nitrogens is 4. The third-order valence-corrected chi connectivity index (χ3v) is 6.93. The maximum atomic E-state index is 13.5. The SMILES string of the molecule is C[C@]1(C(=O)O)C[C@H]1Cn1c(=O)nc(Nc2ccc(Oc3ccccn3)cc2)n(Cc2ccc(Cl)cc2)c1=O. The number of carboxylic acids is 1. The van der Waals surface area contributed by atoms with Crippen LogP contribution in [0.3, 0.4) is 0 Å². The molecule has 2 aromatic carbocycles. The number of halogens is 1. The number of rotatable bonds is 9. The highest BCUT2D eigenvalue weighted by atomic mass is 35.5. The molecule has 0 unspecified atom stereocenters. The molecule has 10 nitrogen and oxygen atoms in total. The second-order valence-corrected chi connectivity index (χ2v) is 9.80. The topological polar surface area (TPSA) is 128 Å². The van der Waals surface area contributed by atoms with Crippen LogP contribution in [0.25, 0.3) is 0 Å². The first-order chi connectivity index (χ1) is 18.2. The molecule has 0 amide bonds. The second kappa shape index (κ2) is 10.1. The van der Waals surface area contributed by atoms with E-state index in [-0.39, 0.29) is 25.0 Å². The second-order valence-electron chi connectivity index (χ2n) is 9.37. The fraction of sp³-hybridized carbons (Fsp3) is 0.222. The van der Waals surface area contributed by atoms with Gasteiger partial charge in [0.25, 0.3) is 0 Å². The van der Waals surface area contributed by atoms with Crippen LogP contribution in [0, 0.1) is 11.3 Å². The quantitative estimate of drug-likeness (QED) is 0.328. The maximum absolute atomic E-state index is 13.5. The van der Waals surface area contributed by atoms with E-state index in [0.717, 1.165) is 10.1 Å². The van der Waals surface area contributed by atoms with Crippen molar-refractivity contribution in [3.05, 3.63) is 104 Å². The fourth-order valence-electron chi connectivity index (χ4n) is 4.16. The van der Waals surface area contributed by atoms with E-state index in [0.29, 0.717) is 28.8 Å². The molecule has 1 fully saturated rings. The largest absolute Gasteiger partial charge is 0.481 e. The molecule has 2 N–H and O–H groups in total. The number of benzene rings is 2. The third kappa shape index (κ3) is 5.30. The lowest BCUT2D eigenvalue weighted by molar-refractivity contribution is -0.143. The van der Waals surface area contributed by atoms with Crippen molar-refractivity contribution < 1.29 is 14.6 Å². The molecule has 1 aliphatic carbocycles. The minimum Gasteiger partial charge on any atom is -0.481 e. The monoisotopic (exact) mass is 533 g/mol. The average Bonchev–Trinajstić information content (AvgIpc) is 3.58. The van der Waals surface area contributed by atoms with Gasteiger partial charge in [0.05, 0.1) is 12.0 Å². The zero-order valence-corrected chi connectivity index (χ0v) is 21.1. The highest BCUT2D eigenvalue weighted by Crippen LogP contribution is 2.52. The number of nitrogens with zero attached hydrogens (tertiary/aromatic N) is 4. The van der Waals surface area contributed by atoms with Crippen LogP contribution in [0.15, 0.2) is 82.5 Å². The molecule has 11 heteroatoms. The number of pyridine rings is 1. The van der Waals surface area contributed by atoms with Crippen LogP contribution >= 0.6 is 11.6 Å². The summed E-state index contributed by atoms with van der Waals surface area (Å²) in [6.45, 7) is 1.71. The molecule has 38 heavy (non-hydrogen) atoms. The van der Waals surface area contributed by atoms with Crippen LogP contribution in [0.5, 0.6) is 11.6 Å². The van der Waals surface area contributed by atoms with Gasteiger partial charge in [0.2, 0.25) is 11.8 Å². The van der Waals surface area contributed by atoms with Gasteiger partial charge >= 0.3 is 17.3 Å². The molecule has 2 heterocycles. The van der Waals surface area contributed by atoms with E-state index in [4.69, 9.17) is 16.3 Å². The van der Waals surface area contributed by atoms with Crippen molar-refractivity contribution in [1.82, 2.24) is 19.1 Å². The van der Waals surface area contributed by atoms with Gasteiger partial charge in [0.15, 0.2) is 0 Å². The summed E-state index contributed by atoms with van der Waals surface area (Å²) in [5.41, 5.74) is -0.944. The van der Waals surface area contributed by atoms with Gasteiger partial charge in [0, 0.05) is 29.5 Å². The predicted octanol–water partition coefficient (Wildman–Crippen LogP) is 4.15. The summed E-state index contributed by atoms with van der Waals surface area (Å²) < 4.78 is 8.07. The van der Waals surface area contributed by atoms with Crippen molar-refractivity contribution in [2.45, 2.75) is 26.4 Å². The Labute approximate surface area is 222 Å². The Morgan fingerprint density at radius 3 is 2.47 bits per heavy atom. The van der Waals surface area contributed by atoms with Crippen LogP contribution in [-0.2, 0) is 17.9 Å². The van der Waals surface area contributed by atoms with Gasteiger partial charge in [-0.05, 0) is 67.3 Å². The highest BCUT2D eigenvalue weighted by molar-refractivity contribution is 6.30. The molecule has 0 spiro atoms. The average molecular weight is 534 g/mol. The Kier molecular flexibility index (Phi) is 6.73. The number of carbonyl (C=O) groups is 1. The van der Waals surface area contributed by atoms with Gasteiger partial charge in [0.1, 0.15) is 5.75 Å². The number of ether oxygens (including phenoxy) is 1. The van der Waals surface area contributed by atoms with Crippen molar-refractivity contribution in [2.24, 2.45) is 11.3 Å². The molecule has 2 atom stereocenters. The Bertz CT molecular complexity index is 1590. The van der Waals surface area contributed by atoms with E-state index >= 15 is 0 Å². The molecular formula is C27H24ClN5O5. The van der Waals surface area contributed by atoms with Crippen LogP contribution in [-0.4, -0.2) is 30.2 Å². The molecule has 2 aromatic heterocycles. The van der Waals surface area contributed by atoms with Crippen molar-refractivity contribution in [3.63, 3.8) is 0 Å². The maximum Gasteiger partial charge on any atom is 0.354 e. The molecule has 1 saturated carbocycles. The highest BCUT2D eigenvalue weighted by Gasteiger charge is 2.56. The molecule has 4 aromatic rings. The van der Waals surface area contributed by atoms with E-state index < -0.39 is 22.8 Å². The third-order valence-electron chi connectivity index (χ3n) is 6.68. The van der Waals surface area contributed by atoms with E-state index in [1.54, 1.807) is 73.8 Å². The Balaban J connectivity index is 1.45. The molecule has 0 saturated heterocycles. The molecule has 0 aliphatic heterocycles. The lowest BCUT2D eigenvalue weighted by atomic mass is 10.1. The number of nitrogens with one attached hydrogen (secondary N) is 1. The first-order valence-corrected chi connectivity index (χ1v) is 12.3. The Morgan fingerprint density at radius 2 is 1.84 bits per heavy atom. The summed E-state index contributed by atoms with van der Waals surface area (Å²) in [6, 6.07) is 19.2. The van der Waals surface area contributed by atoms with Crippen LogP contribution < -0.4 is 21.4 Å². The van der Waals surface area contributed by atoms with Crippen molar-refractivity contribution in [2.75, 3.05) is 5.32 Å². The zero-order chi connectivity index (χ0) is 26.9. The van der Waals surface area contributed by atoms with Crippen LogP contribution in [0.4, 0.5) is 11.6 Å². The van der Waals surface area contributed by atoms with Crippen LogP contribution in [0.1, 0.15) is 18.9 Å². The van der Waals surface area contributed by atoms with Gasteiger partial charge in [-0.25, -0.2) is 19.1 Å². The van der Waals surface area contributed by atoms with Gasteiger partial charge in [-0.2, -0.15) is 4.98 Å². The molecular weight excluding hydrogens is 510 g/mol. The first kappa shape index (κ1) is 25.2. The van der Waals surface area contributed by atoms with Crippen molar-refractivity contribution >= 4 is 29.2 Å². The van der Waals surface area contributed by atoms with E-state index in [9.17, 15) is 19.5 Å². The number of hydrogen-bond acceptors (Lipinski definition) is 7. The first-order valence-electron chi connectivity index (χ1n) is 11.9. The number of hydrogen-bond donors (Lipinski definition) is 2. The fourth-order valence-corrected chi connectivity index (χ4v) is 4.29. The van der Waals surface area contributed by atoms with E-state index in [1.165, 1.54) is 4.57 Å². The summed E-state index contributed by atoms with van der Waals surface area (Å²) in [4.78, 5) is 46.3. The molecule has 0 bridgehead atoms. The Morgan fingerprint density at radius 1 is 1.11 bits per heavy atom. The van der Waals surface area contributed by atoms with Gasteiger partial charge < -0.3 is 15.2 Å². The lowest BCUT2D eigenvalue weighted by Gasteiger charge is -2.16. The number of anilines is 2.